The molecule has 0 aliphatic carbocycles. The fourth-order valence-electron chi connectivity index (χ4n) is 5.13. The number of rotatable bonds is 11. The Kier molecular flexibility index (Phi) is 9.82. The van der Waals surface area contributed by atoms with Crippen molar-refractivity contribution >= 4 is 38.8 Å². The number of nitrogens with zero attached hydrogens (tertiary/aromatic N) is 1. The van der Waals surface area contributed by atoms with E-state index < -0.39 is 15.7 Å². The van der Waals surface area contributed by atoms with Gasteiger partial charge < -0.3 is 5.32 Å². The van der Waals surface area contributed by atoms with Gasteiger partial charge in [0.2, 0.25) is 0 Å². The molecule has 1 aliphatic rings. The summed E-state index contributed by atoms with van der Waals surface area (Å²) in [5.74, 6) is 4.20. The Bertz CT molecular complexity index is 1520. The molecule has 3 aromatic rings. The van der Waals surface area contributed by atoms with E-state index in [0.717, 1.165) is 46.4 Å². The second-order valence-electron chi connectivity index (χ2n) is 9.86. The van der Waals surface area contributed by atoms with Crippen LogP contribution in [0, 0.1) is 0 Å². The van der Waals surface area contributed by atoms with Crippen LogP contribution in [0.15, 0.2) is 113 Å². The van der Waals surface area contributed by atoms with E-state index in [-0.39, 0.29) is 0 Å². The van der Waals surface area contributed by atoms with E-state index in [4.69, 9.17) is 23.2 Å². The van der Waals surface area contributed by atoms with Crippen molar-refractivity contribution < 1.29 is 9.42 Å². The van der Waals surface area contributed by atoms with Crippen LogP contribution in [0.1, 0.15) is 23.1 Å². The average molecular weight is 597 g/mol. The van der Waals surface area contributed by atoms with Crippen molar-refractivity contribution in [1.82, 2.24) is 15.1 Å². The molecule has 0 spiro atoms. The molecule has 1 heterocycles. The summed E-state index contributed by atoms with van der Waals surface area (Å²) in [6.45, 7) is 8.92. The molecule has 0 saturated heterocycles. The lowest BCUT2D eigenvalue weighted by Gasteiger charge is -2.41. The van der Waals surface area contributed by atoms with E-state index in [1.165, 1.54) is 0 Å². The second-order valence-corrected chi connectivity index (χ2v) is 12.9. The van der Waals surface area contributed by atoms with Crippen LogP contribution in [0.25, 0.3) is 0 Å². The van der Waals surface area contributed by atoms with Crippen LogP contribution in [-0.2, 0) is 29.0 Å². The average Bonchev–Trinajstić information content (AvgIpc) is 2.96. The predicted molar refractivity (Wildman–Crippen MR) is 168 cm³/mol. The highest BCUT2D eigenvalue weighted by atomic mass is 35.5. The summed E-state index contributed by atoms with van der Waals surface area (Å²) in [5, 5.41) is 14.5. The maximum absolute atomic E-state index is 14.4. The van der Waals surface area contributed by atoms with Crippen LogP contribution in [0.2, 0.25) is 10.0 Å². The van der Waals surface area contributed by atoms with Crippen molar-refractivity contribution in [3.8, 4) is 0 Å². The van der Waals surface area contributed by atoms with Crippen molar-refractivity contribution in [1.29, 1.82) is 0 Å². The smallest absolute Gasteiger partial charge is 0.0904 e. The first-order valence-electron chi connectivity index (χ1n) is 13.0. The van der Waals surface area contributed by atoms with Gasteiger partial charge in [-0.1, -0.05) is 84.9 Å². The number of halogens is 2. The van der Waals surface area contributed by atoms with E-state index in [1.54, 1.807) is 6.07 Å². The topological polar surface area (TPSA) is 64.6 Å². The number of hydrogen-bond acceptors (Lipinski definition) is 4. The summed E-state index contributed by atoms with van der Waals surface area (Å²) in [6, 6.07) is 22.7. The lowest BCUT2D eigenvalue weighted by Crippen LogP contribution is -2.49. The van der Waals surface area contributed by atoms with Crippen LogP contribution < -0.4 is 10.8 Å². The molecular weight excluding hydrogens is 561 g/mol. The van der Waals surface area contributed by atoms with Crippen molar-refractivity contribution in [2.45, 2.75) is 36.6 Å². The highest BCUT2D eigenvalue weighted by molar-refractivity contribution is 7.98. The van der Waals surface area contributed by atoms with Gasteiger partial charge in [-0.05, 0) is 77.2 Å². The summed E-state index contributed by atoms with van der Waals surface area (Å²) >= 11 is 12.4. The molecule has 0 aromatic heterocycles. The summed E-state index contributed by atoms with van der Waals surface area (Å²) in [6.07, 6.45) is 2.77. The summed E-state index contributed by atoms with van der Waals surface area (Å²) in [7, 11) is -1.08. The molecule has 4 rings (SSSR count). The quantitative estimate of drug-likeness (QED) is 0.172. The molecule has 5 nitrogen and oxygen atoms in total. The van der Waals surface area contributed by atoms with Gasteiger partial charge in [0.15, 0.2) is 0 Å². The molecule has 2 atom stereocenters. The fourth-order valence-corrected chi connectivity index (χ4v) is 7.43. The fraction of sp³-hybridized carbons (Fsp3) is 0.219. The zero-order chi connectivity index (χ0) is 28.9. The molecule has 210 valence electrons. The minimum absolute atomic E-state index is 0.310. The first-order valence-corrected chi connectivity index (χ1v) is 15.5. The van der Waals surface area contributed by atoms with Crippen molar-refractivity contribution in [2.24, 2.45) is 0 Å². The first-order chi connectivity index (χ1) is 19.1. The first kappa shape index (κ1) is 30.0. The van der Waals surface area contributed by atoms with Gasteiger partial charge in [-0.15, -0.1) is 0 Å². The molecule has 0 bridgehead atoms. The minimum atomic E-state index is -2.95. The van der Waals surface area contributed by atoms with E-state index in [0.29, 0.717) is 40.0 Å². The zero-order valence-corrected chi connectivity index (χ0v) is 25.0. The molecule has 0 radical (unpaired) electrons. The molecular formula is C32H35Cl2N3O2S. The van der Waals surface area contributed by atoms with Crippen molar-refractivity contribution in [3.63, 3.8) is 0 Å². The highest BCUT2D eigenvalue weighted by Crippen LogP contribution is 2.36. The van der Waals surface area contributed by atoms with Gasteiger partial charge in [-0.3, -0.25) is 10.7 Å². The maximum Gasteiger partial charge on any atom is 0.0904 e. The van der Waals surface area contributed by atoms with Gasteiger partial charge in [-0.2, -0.15) is 0 Å². The Morgan fingerprint density at radius 3 is 2.35 bits per heavy atom. The Balaban J connectivity index is 1.60. The Hall–Kier alpha value is -3.00. The van der Waals surface area contributed by atoms with Gasteiger partial charge in [-0.25, -0.2) is 8.51 Å². The molecule has 3 aromatic carbocycles. The zero-order valence-electron chi connectivity index (χ0n) is 22.6. The van der Waals surface area contributed by atoms with Gasteiger partial charge >= 0.3 is 0 Å². The Morgan fingerprint density at radius 1 is 1.02 bits per heavy atom. The van der Waals surface area contributed by atoms with Crippen LogP contribution in [0.4, 0.5) is 0 Å². The molecule has 8 heteroatoms. The Labute approximate surface area is 247 Å². The molecule has 1 aliphatic heterocycles. The van der Waals surface area contributed by atoms with Gasteiger partial charge in [0, 0.05) is 40.7 Å². The van der Waals surface area contributed by atoms with Crippen LogP contribution in [0.5, 0.6) is 0 Å². The summed E-state index contributed by atoms with van der Waals surface area (Å²) < 4.78 is 16.3. The van der Waals surface area contributed by atoms with Gasteiger partial charge in [0.1, 0.15) is 0 Å². The van der Waals surface area contributed by atoms with Crippen LogP contribution in [-0.4, -0.2) is 39.2 Å². The maximum atomic E-state index is 14.4. The highest BCUT2D eigenvalue weighted by Gasteiger charge is 2.37. The standard InChI is InChI=1S/C32H35Cl2N3O2S/c1-22(20-25-8-6-5-7-9-25)31-30(35-3)18-19-37(32(31)23(2)36-38)40(4,39)28-16-11-24(12-17-28)10-13-26-14-15-27(33)21-29(26)34/h5-9,11-12,14-17,21,32,35-36,38H,1-2,4,10,13,18-20H2,3H3. The van der Waals surface area contributed by atoms with Crippen molar-refractivity contribution in [3.05, 3.63) is 135 Å². The van der Waals surface area contributed by atoms with Crippen LogP contribution in [0.3, 0.4) is 0 Å². The molecule has 0 amide bonds. The van der Waals surface area contributed by atoms with E-state index in [1.807, 2.05) is 78.1 Å². The Morgan fingerprint density at radius 2 is 1.73 bits per heavy atom. The van der Waals surface area contributed by atoms with E-state index in [2.05, 4.69) is 29.8 Å². The molecule has 2 unspecified atom stereocenters. The summed E-state index contributed by atoms with van der Waals surface area (Å²) in [4.78, 5) is 0.609. The number of hydrogen-bond donors (Lipinski definition) is 3. The van der Waals surface area contributed by atoms with Gasteiger partial charge in [0.05, 0.1) is 21.4 Å². The number of benzene rings is 3. The second kappa shape index (κ2) is 13.1. The lowest BCUT2D eigenvalue weighted by atomic mass is 9.88. The lowest BCUT2D eigenvalue weighted by molar-refractivity contribution is 0.182. The van der Waals surface area contributed by atoms with Crippen LogP contribution >= 0.6 is 23.2 Å². The summed E-state index contributed by atoms with van der Waals surface area (Å²) in [5.41, 5.74) is 8.45. The van der Waals surface area contributed by atoms with Crippen molar-refractivity contribution in [2.75, 3.05) is 13.6 Å². The number of hydroxylamine groups is 1. The third-order valence-corrected chi connectivity index (χ3v) is 10.0. The molecule has 0 fully saturated rings. The number of aryl methyl sites for hydroxylation is 2. The number of nitrogens with one attached hydrogen (secondary N) is 2. The van der Waals surface area contributed by atoms with Gasteiger partial charge in [0.25, 0.3) is 0 Å². The normalized spacial score (nSPS) is 17.2. The molecule has 40 heavy (non-hydrogen) atoms. The third-order valence-electron chi connectivity index (χ3n) is 7.25. The van der Waals surface area contributed by atoms with E-state index in [9.17, 15) is 9.42 Å². The SMILES string of the molecule is C=C(Cc1ccccc1)C1=C(NC)CCN(S(=C)(=O)c2ccc(CCc3ccc(Cl)cc3Cl)cc2)C1C(=C)NO. The third kappa shape index (κ3) is 6.65. The molecule has 0 saturated carbocycles. The predicted octanol–water partition coefficient (Wildman–Crippen LogP) is 6.61. The minimum Gasteiger partial charge on any atom is -0.391 e. The van der Waals surface area contributed by atoms with E-state index >= 15 is 0 Å². The monoisotopic (exact) mass is 595 g/mol. The molecule has 3 N–H and O–H groups in total. The largest absolute Gasteiger partial charge is 0.391 e.